The summed E-state index contributed by atoms with van der Waals surface area (Å²) in [5.74, 6) is 0.859. The van der Waals surface area contributed by atoms with Gasteiger partial charge in [0.25, 0.3) is 0 Å². The van der Waals surface area contributed by atoms with Crippen molar-refractivity contribution in [2.45, 2.75) is 6.92 Å². The van der Waals surface area contributed by atoms with Crippen LogP contribution in [0.4, 0.5) is 0 Å². The van der Waals surface area contributed by atoms with Gasteiger partial charge in [-0.2, -0.15) is 5.10 Å². The molecule has 0 saturated carbocycles. The summed E-state index contributed by atoms with van der Waals surface area (Å²) in [7, 11) is 3.61. The SMILES string of the molecule is C=C1C(C)=NN(C)C1=NC. The van der Waals surface area contributed by atoms with Crippen molar-refractivity contribution in [3.8, 4) is 0 Å². The van der Waals surface area contributed by atoms with Crippen molar-refractivity contribution >= 4 is 11.5 Å². The monoisotopic (exact) mass is 137 g/mol. The highest BCUT2D eigenvalue weighted by molar-refractivity contribution is 6.25. The average Bonchev–Trinajstić information content (AvgIpc) is 2.09. The van der Waals surface area contributed by atoms with E-state index in [4.69, 9.17) is 0 Å². The zero-order valence-corrected chi connectivity index (χ0v) is 6.55. The maximum Gasteiger partial charge on any atom is 0.152 e. The number of hydrogen-bond acceptors (Lipinski definition) is 2. The van der Waals surface area contributed by atoms with Crippen molar-refractivity contribution in [2.24, 2.45) is 10.1 Å². The van der Waals surface area contributed by atoms with Crippen molar-refractivity contribution in [1.82, 2.24) is 5.01 Å². The first kappa shape index (κ1) is 6.99. The standard InChI is InChI=1S/C7H11N3/c1-5-6(2)9-10(4)7(5)8-3/h1H2,2-4H3. The van der Waals surface area contributed by atoms with E-state index in [0.29, 0.717) is 0 Å². The van der Waals surface area contributed by atoms with Gasteiger partial charge in [-0.15, -0.1) is 0 Å². The minimum absolute atomic E-state index is 0.859. The van der Waals surface area contributed by atoms with Gasteiger partial charge < -0.3 is 0 Å². The van der Waals surface area contributed by atoms with Crippen LogP contribution >= 0.6 is 0 Å². The molecule has 0 unspecified atom stereocenters. The van der Waals surface area contributed by atoms with E-state index in [-0.39, 0.29) is 0 Å². The molecule has 0 N–H and O–H groups in total. The first-order chi connectivity index (χ1) is 4.66. The fraction of sp³-hybridized carbons (Fsp3) is 0.429. The van der Waals surface area contributed by atoms with Crippen LogP contribution in [0.5, 0.6) is 0 Å². The van der Waals surface area contributed by atoms with Gasteiger partial charge in [-0.05, 0) is 6.92 Å². The maximum atomic E-state index is 4.14. The third kappa shape index (κ3) is 0.835. The summed E-state index contributed by atoms with van der Waals surface area (Å²) >= 11 is 0. The first-order valence-electron chi connectivity index (χ1n) is 3.12. The van der Waals surface area contributed by atoms with Crippen LogP contribution in [-0.4, -0.2) is 30.7 Å². The number of amidine groups is 1. The highest BCUT2D eigenvalue weighted by Gasteiger charge is 2.18. The highest BCUT2D eigenvalue weighted by atomic mass is 15.5. The average molecular weight is 137 g/mol. The van der Waals surface area contributed by atoms with Crippen molar-refractivity contribution in [1.29, 1.82) is 0 Å². The van der Waals surface area contributed by atoms with Crippen LogP contribution in [0.25, 0.3) is 0 Å². The number of hydrazone groups is 1. The molecule has 3 nitrogen and oxygen atoms in total. The van der Waals surface area contributed by atoms with Crippen LogP contribution in [-0.2, 0) is 0 Å². The van der Waals surface area contributed by atoms with Gasteiger partial charge in [-0.25, -0.2) is 0 Å². The summed E-state index contributed by atoms with van der Waals surface area (Å²) < 4.78 is 0. The Morgan fingerprint density at radius 2 is 2.20 bits per heavy atom. The van der Waals surface area contributed by atoms with Gasteiger partial charge in [0.1, 0.15) is 0 Å². The van der Waals surface area contributed by atoms with E-state index in [1.165, 1.54) is 0 Å². The lowest BCUT2D eigenvalue weighted by atomic mass is 10.2. The maximum absolute atomic E-state index is 4.14. The van der Waals surface area contributed by atoms with Crippen molar-refractivity contribution in [3.05, 3.63) is 12.2 Å². The molecule has 54 valence electrons. The lowest BCUT2D eigenvalue weighted by Crippen LogP contribution is -2.16. The minimum atomic E-state index is 0.859. The smallest absolute Gasteiger partial charge is 0.152 e. The summed E-state index contributed by atoms with van der Waals surface area (Å²) in [6.07, 6.45) is 0. The Balaban J connectivity index is 2.98. The number of aliphatic imine (C=N–C) groups is 1. The van der Waals surface area contributed by atoms with E-state index in [1.54, 1.807) is 12.1 Å². The predicted octanol–water partition coefficient (Wildman–Crippen LogP) is 0.892. The zero-order chi connectivity index (χ0) is 7.72. The van der Waals surface area contributed by atoms with E-state index in [0.717, 1.165) is 17.1 Å². The summed E-state index contributed by atoms with van der Waals surface area (Å²) in [4.78, 5) is 4.03. The predicted molar refractivity (Wildman–Crippen MR) is 43.4 cm³/mol. The molecule has 0 atom stereocenters. The molecule has 1 aliphatic heterocycles. The molecule has 0 fully saturated rings. The molecular formula is C7H11N3. The lowest BCUT2D eigenvalue weighted by molar-refractivity contribution is 0.558. The molecule has 0 amide bonds. The third-order valence-electron chi connectivity index (χ3n) is 1.52. The molecular weight excluding hydrogens is 126 g/mol. The minimum Gasteiger partial charge on any atom is -0.270 e. The summed E-state index contributed by atoms with van der Waals surface area (Å²) in [6.45, 7) is 5.76. The number of nitrogens with zero attached hydrogens (tertiary/aromatic N) is 3. The Morgan fingerprint density at radius 3 is 2.40 bits per heavy atom. The molecule has 1 heterocycles. The number of hydrogen-bond donors (Lipinski definition) is 0. The second kappa shape index (κ2) is 2.25. The normalized spacial score (nSPS) is 22.3. The summed E-state index contributed by atoms with van der Waals surface area (Å²) in [5, 5.41) is 5.88. The Labute approximate surface area is 60.8 Å². The van der Waals surface area contributed by atoms with Gasteiger partial charge in [-0.1, -0.05) is 6.58 Å². The summed E-state index contributed by atoms with van der Waals surface area (Å²) in [5.41, 5.74) is 1.87. The molecule has 1 rings (SSSR count). The van der Waals surface area contributed by atoms with Crippen LogP contribution in [0.1, 0.15) is 6.92 Å². The fourth-order valence-electron chi connectivity index (χ4n) is 0.970. The molecule has 10 heavy (non-hydrogen) atoms. The molecule has 0 saturated heterocycles. The van der Waals surface area contributed by atoms with Gasteiger partial charge in [0.15, 0.2) is 5.84 Å². The molecule has 0 aromatic rings. The molecule has 0 radical (unpaired) electrons. The van der Waals surface area contributed by atoms with E-state index in [9.17, 15) is 0 Å². The Kier molecular flexibility index (Phi) is 1.57. The van der Waals surface area contributed by atoms with Crippen molar-refractivity contribution < 1.29 is 0 Å². The summed E-state index contributed by atoms with van der Waals surface area (Å²) in [6, 6.07) is 0. The Hall–Kier alpha value is -1.12. The van der Waals surface area contributed by atoms with Crippen molar-refractivity contribution in [2.75, 3.05) is 14.1 Å². The Bertz CT molecular complexity index is 225. The van der Waals surface area contributed by atoms with Gasteiger partial charge >= 0.3 is 0 Å². The van der Waals surface area contributed by atoms with Crippen molar-refractivity contribution in [3.63, 3.8) is 0 Å². The molecule has 0 aromatic carbocycles. The fourth-order valence-corrected chi connectivity index (χ4v) is 0.970. The zero-order valence-electron chi connectivity index (χ0n) is 6.55. The van der Waals surface area contributed by atoms with Crippen LogP contribution in [0, 0.1) is 0 Å². The van der Waals surface area contributed by atoms with Gasteiger partial charge in [0, 0.05) is 19.7 Å². The first-order valence-corrected chi connectivity index (χ1v) is 3.12. The topological polar surface area (TPSA) is 28.0 Å². The van der Waals surface area contributed by atoms with Gasteiger partial charge in [-0.3, -0.25) is 10.0 Å². The third-order valence-corrected chi connectivity index (χ3v) is 1.52. The van der Waals surface area contributed by atoms with Crippen LogP contribution in [0.3, 0.4) is 0 Å². The molecule has 0 aliphatic carbocycles. The molecule has 1 aliphatic rings. The van der Waals surface area contributed by atoms with E-state index in [1.807, 2.05) is 14.0 Å². The second-order valence-electron chi connectivity index (χ2n) is 2.23. The molecule has 0 bridgehead atoms. The largest absolute Gasteiger partial charge is 0.270 e. The number of rotatable bonds is 0. The van der Waals surface area contributed by atoms with Crippen LogP contribution < -0.4 is 0 Å². The van der Waals surface area contributed by atoms with Crippen LogP contribution in [0.2, 0.25) is 0 Å². The second-order valence-corrected chi connectivity index (χ2v) is 2.23. The molecule has 0 aromatic heterocycles. The van der Waals surface area contributed by atoms with E-state index >= 15 is 0 Å². The number of likely N-dealkylation sites (N-methyl/N-ethyl adjacent to an activating group) is 1. The molecule has 0 spiro atoms. The quantitative estimate of drug-likeness (QED) is 0.487. The van der Waals surface area contributed by atoms with Gasteiger partial charge in [0.2, 0.25) is 0 Å². The van der Waals surface area contributed by atoms with E-state index in [2.05, 4.69) is 16.7 Å². The Morgan fingerprint density at radius 1 is 1.60 bits per heavy atom. The molecule has 3 heteroatoms. The highest BCUT2D eigenvalue weighted by Crippen LogP contribution is 2.11. The lowest BCUT2D eigenvalue weighted by Gasteiger charge is -2.05. The van der Waals surface area contributed by atoms with Gasteiger partial charge in [0.05, 0.1) is 5.71 Å². The van der Waals surface area contributed by atoms with E-state index < -0.39 is 0 Å². The van der Waals surface area contributed by atoms with Crippen LogP contribution in [0.15, 0.2) is 22.2 Å².